The molecule has 3 aromatic rings. The molecule has 0 saturated carbocycles. The number of likely N-dealkylation sites (tertiary alicyclic amines) is 1. The van der Waals surface area contributed by atoms with Crippen LogP contribution in [0.3, 0.4) is 0 Å². The minimum absolute atomic E-state index is 0.0522. The molecule has 1 atom stereocenters. The fourth-order valence-electron chi connectivity index (χ4n) is 3.11. The van der Waals surface area contributed by atoms with Gasteiger partial charge in [-0.15, -0.1) is 0 Å². The number of benzene rings is 2. The van der Waals surface area contributed by atoms with Crippen molar-refractivity contribution in [3.63, 3.8) is 0 Å². The first-order chi connectivity index (χ1) is 11.2. The number of nitrogens with one attached hydrogen (secondary N) is 1. The minimum Gasteiger partial charge on any atom is -0.342 e. The largest absolute Gasteiger partial charge is 0.342 e. The van der Waals surface area contributed by atoms with Gasteiger partial charge in [0.2, 0.25) is 0 Å². The lowest BCUT2D eigenvalue weighted by atomic mass is 10.1. The average molecular weight is 309 g/mol. The molecular weight excluding hydrogens is 293 g/mol. The number of fused-ring (bicyclic) bond motifs is 1. The highest BCUT2D eigenvalue weighted by atomic mass is 19.1. The number of aromatic amines is 1. The molecule has 1 unspecified atom stereocenters. The number of nitrogens with zero attached hydrogens (tertiary/aromatic N) is 2. The Bertz CT molecular complexity index is 823. The highest BCUT2D eigenvalue weighted by Gasteiger charge is 2.29. The van der Waals surface area contributed by atoms with Crippen LogP contribution in [0.1, 0.15) is 28.5 Å². The van der Waals surface area contributed by atoms with Crippen LogP contribution in [0.2, 0.25) is 0 Å². The summed E-state index contributed by atoms with van der Waals surface area (Å²) in [4.78, 5) is 22.3. The monoisotopic (exact) mass is 309 g/mol. The number of hydrogen-bond acceptors (Lipinski definition) is 2. The molecule has 116 valence electrons. The second kappa shape index (κ2) is 5.50. The maximum absolute atomic E-state index is 13.0. The van der Waals surface area contributed by atoms with E-state index in [0.717, 1.165) is 23.3 Å². The Balaban J connectivity index is 1.52. The normalized spacial score (nSPS) is 17.8. The summed E-state index contributed by atoms with van der Waals surface area (Å²) in [5, 5.41) is 0. The molecule has 4 rings (SSSR count). The van der Waals surface area contributed by atoms with E-state index < -0.39 is 0 Å². The number of amides is 1. The third-order valence-corrected chi connectivity index (χ3v) is 4.36. The van der Waals surface area contributed by atoms with Gasteiger partial charge in [-0.1, -0.05) is 12.1 Å². The number of carbonyl (C=O) groups is 1. The molecule has 1 aliphatic rings. The fourth-order valence-corrected chi connectivity index (χ4v) is 3.11. The predicted molar refractivity (Wildman–Crippen MR) is 85.8 cm³/mol. The van der Waals surface area contributed by atoms with Gasteiger partial charge in [-0.25, -0.2) is 9.37 Å². The smallest absolute Gasteiger partial charge is 0.253 e. The van der Waals surface area contributed by atoms with Crippen molar-refractivity contribution in [1.82, 2.24) is 14.9 Å². The van der Waals surface area contributed by atoms with Crippen LogP contribution in [0, 0.1) is 5.82 Å². The van der Waals surface area contributed by atoms with Crippen LogP contribution >= 0.6 is 0 Å². The van der Waals surface area contributed by atoms with Gasteiger partial charge in [0, 0.05) is 24.6 Å². The van der Waals surface area contributed by atoms with Crippen LogP contribution in [-0.4, -0.2) is 33.9 Å². The Labute approximate surface area is 133 Å². The highest BCUT2D eigenvalue weighted by molar-refractivity contribution is 5.94. The summed E-state index contributed by atoms with van der Waals surface area (Å²) in [5.41, 5.74) is 2.49. The Morgan fingerprint density at radius 2 is 1.96 bits per heavy atom. The van der Waals surface area contributed by atoms with Crippen molar-refractivity contribution in [3.05, 3.63) is 65.7 Å². The van der Waals surface area contributed by atoms with Crippen molar-refractivity contribution in [2.45, 2.75) is 12.3 Å². The summed E-state index contributed by atoms with van der Waals surface area (Å²) in [6, 6.07) is 13.6. The molecule has 1 aliphatic heterocycles. The van der Waals surface area contributed by atoms with E-state index in [9.17, 15) is 9.18 Å². The summed E-state index contributed by atoms with van der Waals surface area (Å²) in [7, 11) is 0. The van der Waals surface area contributed by atoms with Gasteiger partial charge >= 0.3 is 0 Å². The van der Waals surface area contributed by atoms with E-state index >= 15 is 0 Å². The second-order valence-electron chi connectivity index (χ2n) is 5.88. The summed E-state index contributed by atoms with van der Waals surface area (Å²) >= 11 is 0. The molecular formula is C18H16FN3O. The van der Waals surface area contributed by atoms with E-state index in [1.807, 2.05) is 29.2 Å². The Hall–Kier alpha value is -2.69. The topological polar surface area (TPSA) is 49.0 Å². The first-order valence-electron chi connectivity index (χ1n) is 7.70. The second-order valence-corrected chi connectivity index (χ2v) is 5.88. The van der Waals surface area contributed by atoms with Crippen LogP contribution in [-0.2, 0) is 0 Å². The third-order valence-electron chi connectivity index (χ3n) is 4.36. The quantitative estimate of drug-likeness (QED) is 0.789. The predicted octanol–water partition coefficient (Wildman–Crippen LogP) is 3.33. The van der Waals surface area contributed by atoms with E-state index in [4.69, 9.17) is 0 Å². The number of carbonyl (C=O) groups excluding carboxylic acids is 1. The number of hydrogen-bond donors (Lipinski definition) is 1. The first kappa shape index (κ1) is 13.9. The van der Waals surface area contributed by atoms with E-state index in [1.54, 1.807) is 0 Å². The lowest BCUT2D eigenvalue weighted by Crippen LogP contribution is -2.28. The Morgan fingerprint density at radius 1 is 1.17 bits per heavy atom. The van der Waals surface area contributed by atoms with Gasteiger partial charge in [0.1, 0.15) is 11.6 Å². The summed E-state index contributed by atoms with van der Waals surface area (Å²) < 4.78 is 13.0. The van der Waals surface area contributed by atoms with E-state index in [1.165, 1.54) is 24.3 Å². The summed E-state index contributed by atoms with van der Waals surface area (Å²) in [5.74, 6) is 0.763. The maximum Gasteiger partial charge on any atom is 0.253 e. The standard InChI is InChI=1S/C18H16FN3O/c19-14-7-5-12(6-8-14)18(23)22-10-9-13(11-22)17-20-15-3-1-2-4-16(15)21-17/h1-8,13H,9-11H2,(H,20,21). The molecule has 23 heavy (non-hydrogen) atoms. The van der Waals surface area contributed by atoms with E-state index in [2.05, 4.69) is 9.97 Å². The molecule has 2 heterocycles. The molecule has 0 aliphatic carbocycles. The van der Waals surface area contributed by atoms with Crippen molar-refractivity contribution >= 4 is 16.9 Å². The van der Waals surface area contributed by atoms with Crippen LogP contribution in [0.25, 0.3) is 11.0 Å². The zero-order valence-corrected chi connectivity index (χ0v) is 12.5. The van der Waals surface area contributed by atoms with Crippen LogP contribution in [0.4, 0.5) is 4.39 Å². The highest BCUT2D eigenvalue weighted by Crippen LogP contribution is 2.27. The van der Waals surface area contributed by atoms with Gasteiger partial charge in [0.15, 0.2) is 0 Å². The number of rotatable bonds is 2. The molecule has 1 fully saturated rings. The van der Waals surface area contributed by atoms with Gasteiger partial charge in [-0.05, 0) is 42.8 Å². The molecule has 1 aromatic heterocycles. The molecule has 1 N–H and O–H groups in total. The zero-order valence-electron chi connectivity index (χ0n) is 12.5. The minimum atomic E-state index is -0.330. The molecule has 0 spiro atoms. The van der Waals surface area contributed by atoms with Gasteiger partial charge < -0.3 is 9.88 Å². The molecule has 2 aromatic carbocycles. The fraction of sp³-hybridized carbons (Fsp3) is 0.222. The molecule has 0 radical (unpaired) electrons. The van der Waals surface area contributed by atoms with Crippen LogP contribution in [0.15, 0.2) is 48.5 Å². The maximum atomic E-state index is 13.0. The number of para-hydroxylation sites is 2. The van der Waals surface area contributed by atoms with Crippen LogP contribution in [0.5, 0.6) is 0 Å². The molecule has 1 saturated heterocycles. The summed E-state index contributed by atoms with van der Waals surface area (Å²) in [6.45, 7) is 1.33. The van der Waals surface area contributed by atoms with Crippen molar-refractivity contribution in [2.24, 2.45) is 0 Å². The Kier molecular flexibility index (Phi) is 3.33. The molecule has 1 amide bonds. The molecule has 5 heteroatoms. The number of imidazole rings is 1. The van der Waals surface area contributed by atoms with Gasteiger partial charge in [0.05, 0.1) is 11.0 Å². The number of aromatic nitrogens is 2. The first-order valence-corrected chi connectivity index (χ1v) is 7.70. The zero-order chi connectivity index (χ0) is 15.8. The lowest BCUT2D eigenvalue weighted by molar-refractivity contribution is 0.0790. The van der Waals surface area contributed by atoms with Gasteiger partial charge in [-0.2, -0.15) is 0 Å². The summed E-state index contributed by atoms with van der Waals surface area (Å²) in [6.07, 6.45) is 0.882. The van der Waals surface area contributed by atoms with Crippen molar-refractivity contribution in [3.8, 4) is 0 Å². The Morgan fingerprint density at radius 3 is 2.74 bits per heavy atom. The molecule has 4 nitrogen and oxygen atoms in total. The lowest BCUT2D eigenvalue weighted by Gasteiger charge is -2.16. The number of halogens is 1. The van der Waals surface area contributed by atoms with Gasteiger partial charge in [-0.3, -0.25) is 4.79 Å². The van der Waals surface area contributed by atoms with E-state index in [0.29, 0.717) is 18.7 Å². The molecule has 0 bridgehead atoms. The SMILES string of the molecule is O=C(c1ccc(F)cc1)N1CCC(c2nc3ccccc3[nH]2)C1. The van der Waals surface area contributed by atoms with Crippen molar-refractivity contribution in [2.75, 3.05) is 13.1 Å². The van der Waals surface area contributed by atoms with Crippen molar-refractivity contribution in [1.29, 1.82) is 0 Å². The van der Waals surface area contributed by atoms with E-state index in [-0.39, 0.29) is 17.6 Å². The van der Waals surface area contributed by atoms with Gasteiger partial charge in [0.25, 0.3) is 5.91 Å². The number of H-pyrrole nitrogens is 1. The average Bonchev–Trinajstić information content (AvgIpc) is 3.21. The van der Waals surface area contributed by atoms with Crippen molar-refractivity contribution < 1.29 is 9.18 Å². The van der Waals surface area contributed by atoms with Crippen LogP contribution < -0.4 is 0 Å². The third kappa shape index (κ3) is 2.59.